The van der Waals surface area contributed by atoms with Gasteiger partial charge in [-0.3, -0.25) is 0 Å². The highest BCUT2D eigenvalue weighted by molar-refractivity contribution is 7.16. The van der Waals surface area contributed by atoms with Crippen LogP contribution in [0.15, 0.2) is 23.8 Å². The van der Waals surface area contributed by atoms with Gasteiger partial charge >= 0.3 is 0 Å². The van der Waals surface area contributed by atoms with Crippen molar-refractivity contribution in [3.63, 3.8) is 0 Å². The highest BCUT2D eigenvalue weighted by atomic mass is 35.5. The van der Waals surface area contributed by atoms with Crippen LogP contribution in [-0.2, 0) is 6.42 Å². The average molecular weight is 216 g/mol. The maximum absolute atomic E-state index is 5.83. The molecule has 1 aromatic heterocycles. The van der Waals surface area contributed by atoms with Gasteiger partial charge in [-0.1, -0.05) is 23.3 Å². The van der Waals surface area contributed by atoms with Crippen molar-refractivity contribution in [1.82, 2.24) is 0 Å². The fraction of sp³-hybridized carbons (Fsp3) is 0.400. The van der Waals surface area contributed by atoms with E-state index in [1.807, 2.05) is 6.07 Å². The second-order valence-corrected chi connectivity index (χ2v) is 4.81. The third-order valence-electron chi connectivity index (χ3n) is 1.74. The van der Waals surface area contributed by atoms with E-state index in [2.05, 4.69) is 19.1 Å². The summed E-state index contributed by atoms with van der Waals surface area (Å²) in [6.07, 6.45) is 4.15. The standard InChI is InChI=1S/C10H14ClNS/c1-8(3-2-6-12)7-9-4-5-10(11)13-9/h3-5H,2,6-7,12H2,1H3. The molecule has 0 atom stereocenters. The van der Waals surface area contributed by atoms with Crippen molar-refractivity contribution in [3.05, 3.63) is 33.0 Å². The predicted octanol–water partition coefficient (Wildman–Crippen LogP) is 3.24. The molecule has 0 unspecified atom stereocenters. The van der Waals surface area contributed by atoms with Crippen LogP contribution >= 0.6 is 22.9 Å². The maximum atomic E-state index is 5.83. The zero-order valence-electron chi connectivity index (χ0n) is 7.72. The fourth-order valence-electron chi connectivity index (χ4n) is 1.12. The molecule has 0 aliphatic heterocycles. The second kappa shape index (κ2) is 5.43. The number of hydrogen-bond acceptors (Lipinski definition) is 2. The molecule has 0 aliphatic carbocycles. The van der Waals surface area contributed by atoms with Gasteiger partial charge in [0.1, 0.15) is 0 Å². The van der Waals surface area contributed by atoms with Crippen molar-refractivity contribution < 1.29 is 0 Å². The highest BCUT2D eigenvalue weighted by Crippen LogP contribution is 2.23. The number of halogens is 1. The fourth-order valence-corrected chi connectivity index (χ4v) is 2.31. The van der Waals surface area contributed by atoms with Crippen molar-refractivity contribution >= 4 is 22.9 Å². The van der Waals surface area contributed by atoms with E-state index in [1.165, 1.54) is 10.5 Å². The smallest absolute Gasteiger partial charge is 0.0931 e. The molecule has 0 saturated carbocycles. The normalized spacial score (nSPS) is 12.1. The van der Waals surface area contributed by atoms with Gasteiger partial charge in [-0.05, 0) is 32.0 Å². The van der Waals surface area contributed by atoms with Gasteiger partial charge < -0.3 is 5.73 Å². The lowest BCUT2D eigenvalue weighted by Gasteiger charge is -1.97. The minimum absolute atomic E-state index is 0.725. The monoisotopic (exact) mass is 215 g/mol. The molecule has 0 bridgehead atoms. The summed E-state index contributed by atoms with van der Waals surface area (Å²) >= 11 is 7.47. The molecule has 1 nitrogen and oxygen atoms in total. The van der Waals surface area contributed by atoms with Gasteiger partial charge in [0.15, 0.2) is 0 Å². The quantitative estimate of drug-likeness (QED) is 0.767. The Morgan fingerprint density at radius 1 is 1.62 bits per heavy atom. The van der Waals surface area contributed by atoms with E-state index in [-0.39, 0.29) is 0 Å². The molecular formula is C10H14ClNS. The molecule has 0 spiro atoms. The van der Waals surface area contributed by atoms with Crippen molar-refractivity contribution in [2.75, 3.05) is 6.54 Å². The van der Waals surface area contributed by atoms with Gasteiger partial charge in [0.25, 0.3) is 0 Å². The molecule has 0 aliphatic rings. The zero-order valence-corrected chi connectivity index (χ0v) is 9.29. The largest absolute Gasteiger partial charge is 0.330 e. The van der Waals surface area contributed by atoms with E-state index in [0.29, 0.717) is 0 Å². The maximum Gasteiger partial charge on any atom is 0.0931 e. The summed E-state index contributed by atoms with van der Waals surface area (Å²) in [5.41, 5.74) is 6.78. The number of hydrogen-bond donors (Lipinski definition) is 1. The van der Waals surface area contributed by atoms with Crippen LogP contribution in [0.25, 0.3) is 0 Å². The van der Waals surface area contributed by atoms with Crippen LogP contribution in [0.1, 0.15) is 18.2 Å². The lowest BCUT2D eigenvalue weighted by molar-refractivity contribution is 0.984. The molecule has 0 fully saturated rings. The topological polar surface area (TPSA) is 26.0 Å². The Bertz CT molecular complexity index is 291. The SMILES string of the molecule is CC(=CCCN)Cc1ccc(Cl)s1. The number of allylic oxidation sites excluding steroid dienone is 1. The summed E-state index contributed by atoms with van der Waals surface area (Å²) in [5.74, 6) is 0. The Balaban J connectivity index is 2.49. The van der Waals surface area contributed by atoms with Gasteiger partial charge in [-0.15, -0.1) is 11.3 Å². The molecule has 2 N–H and O–H groups in total. The Hall–Kier alpha value is -0.310. The van der Waals surface area contributed by atoms with E-state index >= 15 is 0 Å². The molecule has 1 heterocycles. The summed E-state index contributed by atoms with van der Waals surface area (Å²) in [6, 6.07) is 4.02. The van der Waals surface area contributed by atoms with E-state index in [1.54, 1.807) is 11.3 Å². The first-order chi connectivity index (χ1) is 6.22. The Morgan fingerprint density at radius 3 is 2.92 bits per heavy atom. The number of rotatable bonds is 4. The molecule has 13 heavy (non-hydrogen) atoms. The van der Waals surface area contributed by atoms with Crippen molar-refractivity contribution in [2.24, 2.45) is 5.73 Å². The lowest BCUT2D eigenvalue weighted by atomic mass is 10.1. The van der Waals surface area contributed by atoms with Crippen LogP contribution in [0.3, 0.4) is 0 Å². The average Bonchev–Trinajstić information content (AvgIpc) is 2.48. The van der Waals surface area contributed by atoms with Crippen LogP contribution in [0.2, 0.25) is 4.34 Å². The van der Waals surface area contributed by atoms with Gasteiger partial charge in [0.2, 0.25) is 0 Å². The minimum Gasteiger partial charge on any atom is -0.330 e. The van der Waals surface area contributed by atoms with Gasteiger partial charge in [-0.25, -0.2) is 0 Å². The molecule has 3 heteroatoms. The summed E-state index contributed by atoms with van der Waals surface area (Å²) in [6.45, 7) is 2.85. The summed E-state index contributed by atoms with van der Waals surface area (Å²) in [5, 5.41) is 0. The van der Waals surface area contributed by atoms with E-state index in [4.69, 9.17) is 17.3 Å². The van der Waals surface area contributed by atoms with Gasteiger partial charge in [0, 0.05) is 11.3 Å². The molecule has 1 rings (SSSR count). The molecule has 0 saturated heterocycles. The van der Waals surface area contributed by atoms with Crippen molar-refractivity contribution in [2.45, 2.75) is 19.8 Å². The second-order valence-electron chi connectivity index (χ2n) is 3.01. The predicted molar refractivity (Wildman–Crippen MR) is 60.5 cm³/mol. The third kappa shape index (κ3) is 3.94. The Kier molecular flexibility index (Phi) is 4.50. The first kappa shape index (κ1) is 10.8. The Morgan fingerprint density at radius 2 is 2.38 bits per heavy atom. The van der Waals surface area contributed by atoms with Crippen LogP contribution in [0.4, 0.5) is 0 Å². The molecule has 1 aromatic rings. The van der Waals surface area contributed by atoms with E-state index in [0.717, 1.165) is 23.7 Å². The van der Waals surface area contributed by atoms with Crippen LogP contribution in [-0.4, -0.2) is 6.54 Å². The molecule has 0 amide bonds. The highest BCUT2D eigenvalue weighted by Gasteiger charge is 1.98. The minimum atomic E-state index is 0.725. The summed E-state index contributed by atoms with van der Waals surface area (Å²) < 4.78 is 0.863. The van der Waals surface area contributed by atoms with Crippen molar-refractivity contribution in [3.8, 4) is 0 Å². The van der Waals surface area contributed by atoms with Gasteiger partial charge in [0.05, 0.1) is 4.34 Å². The molecular weight excluding hydrogens is 202 g/mol. The van der Waals surface area contributed by atoms with E-state index in [9.17, 15) is 0 Å². The molecule has 0 aromatic carbocycles. The first-order valence-corrected chi connectivity index (χ1v) is 5.51. The molecule has 72 valence electrons. The molecule has 0 radical (unpaired) electrons. The van der Waals surface area contributed by atoms with E-state index < -0.39 is 0 Å². The van der Waals surface area contributed by atoms with Gasteiger partial charge in [-0.2, -0.15) is 0 Å². The van der Waals surface area contributed by atoms with Crippen LogP contribution in [0.5, 0.6) is 0 Å². The summed E-state index contributed by atoms with van der Waals surface area (Å²) in [7, 11) is 0. The number of thiophene rings is 1. The number of nitrogens with two attached hydrogens (primary N) is 1. The summed E-state index contributed by atoms with van der Waals surface area (Å²) in [4.78, 5) is 1.32. The van der Waals surface area contributed by atoms with Crippen LogP contribution in [0, 0.1) is 0 Å². The first-order valence-electron chi connectivity index (χ1n) is 4.32. The third-order valence-corrected chi connectivity index (χ3v) is 2.97. The lowest BCUT2D eigenvalue weighted by Crippen LogP contribution is -1.96. The zero-order chi connectivity index (χ0) is 9.68. The van der Waals surface area contributed by atoms with Crippen molar-refractivity contribution in [1.29, 1.82) is 0 Å². The van der Waals surface area contributed by atoms with Crippen LogP contribution < -0.4 is 5.73 Å². The Labute approximate surface area is 88.2 Å².